The molecule has 0 aromatic carbocycles. The molecule has 0 saturated heterocycles. The number of hydrogen-bond donors (Lipinski definition) is 0. The number of carboxylic acids is 2. The largest absolute Gasteiger partial charge is 4.00 e. The Kier molecular flexibility index (Phi) is 58.4. The summed E-state index contributed by atoms with van der Waals surface area (Å²) in [5.41, 5.74) is 0. The number of allylic oxidation sites excluding steroid dienone is 2. The maximum atomic E-state index is 10.1. The van der Waals surface area contributed by atoms with Gasteiger partial charge in [0.05, 0.1) is 0 Å². The zero-order valence-electron chi connectivity index (χ0n) is 22.7. The number of carbonyl (C=O) groups excluding carboxylic acids is 2. The van der Waals surface area contributed by atoms with Gasteiger partial charge in [0.2, 0.25) is 0 Å². The van der Waals surface area contributed by atoms with Crippen LogP contribution in [-0.4, -0.2) is 25.2 Å². The summed E-state index contributed by atoms with van der Waals surface area (Å²) in [5.74, 6) is -1.85. The van der Waals surface area contributed by atoms with Gasteiger partial charge in [-0.3, -0.25) is 0 Å². The molecule has 0 spiro atoms. The molecule has 0 radical (unpaired) electrons. The first kappa shape index (κ1) is 44.1. The van der Waals surface area contributed by atoms with E-state index in [1.54, 1.807) is 0 Å². The molecule has 204 valence electrons. The van der Waals surface area contributed by atoms with Crippen LogP contribution in [0.2, 0.25) is 0 Å². The summed E-state index contributed by atoms with van der Waals surface area (Å²) >= 11 is 0. The standard InChI is InChI=1S/2C11H20O2.2C3H7O.Ti/c2*1-2-3-4-5-6-7-8-9-10-11(12)13;2*1-2-3-4;/h2*2H,1,3-10H2,(H,12,13);2*2-3H2,1H3;/q;;2*-1;+4/p-2. The second kappa shape index (κ2) is 46.4. The molecule has 0 rings (SSSR count). The molecule has 35 heavy (non-hydrogen) atoms. The summed E-state index contributed by atoms with van der Waals surface area (Å²) in [6.07, 6.45) is 21.2. The van der Waals surface area contributed by atoms with Crippen molar-refractivity contribution in [2.24, 2.45) is 0 Å². The Hall–Kier alpha value is -0.946. The number of carboxylic acid groups (broad SMARTS) is 2. The third-order valence-corrected chi connectivity index (χ3v) is 4.49. The fourth-order valence-corrected chi connectivity index (χ4v) is 2.53. The fourth-order valence-electron chi connectivity index (χ4n) is 2.53. The van der Waals surface area contributed by atoms with Crippen LogP contribution in [0, 0.1) is 0 Å². The average molecular weight is 533 g/mol. The molecule has 0 aliphatic rings. The first-order valence-corrected chi connectivity index (χ1v) is 13.1. The first-order valence-electron chi connectivity index (χ1n) is 13.1. The minimum Gasteiger partial charge on any atom is -0.854 e. The molecule has 0 saturated carbocycles. The maximum Gasteiger partial charge on any atom is 4.00 e. The minimum atomic E-state index is -0.924. The van der Waals surface area contributed by atoms with Crippen LogP contribution in [0.1, 0.15) is 129 Å². The molecule has 0 bridgehead atoms. The quantitative estimate of drug-likeness (QED) is 0.134. The zero-order chi connectivity index (χ0) is 26.7. The van der Waals surface area contributed by atoms with Crippen molar-refractivity contribution in [2.75, 3.05) is 13.2 Å². The van der Waals surface area contributed by atoms with Crippen molar-refractivity contribution >= 4 is 11.9 Å². The van der Waals surface area contributed by atoms with Crippen LogP contribution in [0.4, 0.5) is 0 Å². The third-order valence-electron chi connectivity index (χ3n) is 4.49. The van der Waals surface area contributed by atoms with Crippen LogP contribution in [0.3, 0.4) is 0 Å². The van der Waals surface area contributed by atoms with Crippen LogP contribution >= 0.6 is 0 Å². The van der Waals surface area contributed by atoms with Gasteiger partial charge >= 0.3 is 21.7 Å². The smallest absolute Gasteiger partial charge is 0.854 e. The number of unbranched alkanes of at least 4 members (excludes halogenated alkanes) is 12. The van der Waals surface area contributed by atoms with E-state index in [0.717, 1.165) is 64.2 Å². The Balaban J connectivity index is -0.000000128. The predicted molar refractivity (Wildman–Crippen MR) is 135 cm³/mol. The van der Waals surface area contributed by atoms with Gasteiger partial charge in [0, 0.05) is 11.9 Å². The molecule has 7 heteroatoms. The van der Waals surface area contributed by atoms with E-state index < -0.39 is 11.9 Å². The molecule has 0 aromatic heterocycles. The summed E-state index contributed by atoms with van der Waals surface area (Å²) in [5, 5.41) is 38.7. The zero-order valence-corrected chi connectivity index (χ0v) is 24.2. The molecule has 0 aromatic rings. The Bertz CT molecular complexity index is 374. The Morgan fingerprint density at radius 1 is 0.571 bits per heavy atom. The molecule has 0 heterocycles. The van der Waals surface area contributed by atoms with E-state index in [-0.39, 0.29) is 47.8 Å². The molecular formula is C28H52O6Ti. The van der Waals surface area contributed by atoms with E-state index in [1.165, 1.54) is 38.5 Å². The van der Waals surface area contributed by atoms with Gasteiger partial charge in [-0.1, -0.05) is 90.2 Å². The number of carbonyl (C=O) groups is 2. The van der Waals surface area contributed by atoms with Crippen LogP contribution in [-0.2, 0) is 31.3 Å². The number of hydrogen-bond acceptors (Lipinski definition) is 6. The van der Waals surface area contributed by atoms with Gasteiger partial charge in [-0.05, 0) is 51.4 Å². The normalized spacial score (nSPS) is 9.03. The molecule has 0 aliphatic carbocycles. The van der Waals surface area contributed by atoms with Crippen molar-refractivity contribution in [3.05, 3.63) is 25.3 Å². The van der Waals surface area contributed by atoms with Crippen molar-refractivity contribution in [1.82, 2.24) is 0 Å². The molecule has 0 amide bonds. The summed E-state index contributed by atoms with van der Waals surface area (Å²) in [7, 11) is 0. The molecule has 0 N–H and O–H groups in total. The Morgan fingerprint density at radius 2 is 0.800 bits per heavy atom. The number of aliphatic carboxylic acids is 2. The van der Waals surface area contributed by atoms with Crippen molar-refractivity contribution < 1.29 is 51.7 Å². The van der Waals surface area contributed by atoms with Crippen LogP contribution in [0.25, 0.3) is 0 Å². The van der Waals surface area contributed by atoms with Crippen LogP contribution in [0.15, 0.2) is 25.3 Å². The van der Waals surface area contributed by atoms with Gasteiger partial charge in [0.25, 0.3) is 0 Å². The minimum absolute atomic E-state index is 0. The monoisotopic (exact) mass is 532 g/mol. The fraction of sp³-hybridized carbons (Fsp3) is 0.786. The molecular weight excluding hydrogens is 480 g/mol. The van der Waals surface area contributed by atoms with Gasteiger partial charge in [-0.15, -0.1) is 26.4 Å². The average Bonchev–Trinajstić information content (AvgIpc) is 2.83. The summed E-state index contributed by atoms with van der Waals surface area (Å²) < 4.78 is 0. The van der Waals surface area contributed by atoms with Crippen molar-refractivity contribution in [1.29, 1.82) is 0 Å². The van der Waals surface area contributed by atoms with Gasteiger partial charge in [-0.25, -0.2) is 0 Å². The van der Waals surface area contributed by atoms with E-state index in [4.69, 9.17) is 0 Å². The topological polar surface area (TPSA) is 126 Å². The first-order chi connectivity index (χ1) is 16.4. The van der Waals surface area contributed by atoms with Gasteiger partial charge < -0.3 is 30.0 Å². The van der Waals surface area contributed by atoms with Gasteiger partial charge in [0.15, 0.2) is 0 Å². The second-order valence-corrected chi connectivity index (χ2v) is 8.05. The Morgan fingerprint density at radius 3 is 1.00 bits per heavy atom. The second-order valence-electron chi connectivity index (χ2n) is 8.05. The SMILES string of the molecule is C=CCCCCCCCCC(=O)[O-].C=CCCCCCCCCC(=O)[O-].CCC[O-].CCC[O-].[Ti+4]. The Labute approximate surface area is 231 Å². The van der Waals surface area contributed by atoms with Crippen LogP contribution < -0.4 is 20.4 Å². The molecule has 6 nitrogen and oxygen atoms in total. The summed E-state index contributed by atoms with van der Waals surface area (Å²) in [6.45, 7) is 11.2. The molecule has 0 fully saturated rings. The molecule has 0 atom stereocenters. The van der Waals surface area contributed by atoms with Gasteiger partial charge in [-0.2, -0.15) is 0 Å². The number of rotatable bonds is 20. The third kappa shape index (κ3) is 71.9. The van der Waals surface area contributed by atoms with E-state index in [2.05, 4.69) is 13.2 Å². The predicted octanol–water partition coefficient (Wildman–Crippen LogP) is 3.60. The van der Waals surface area contributed by atoms with Crippen molar-refractivity contribution in [2.45, 2.75) is 129 Å². The van der Waals surface area contributed by atoms with Crippen molar-refractivity contribution in [3.63, 3.8) is 0 Å². The maximum absolute atomic E-state index is 10.1. The van der Waals surface area contributed by atoms with E-state index in [0.29, 0.717) is 0 Å². The molecule has 0 aliphatic heterocycles. The van der Waals surface area contributed by atoms with Crippen molar-refractivity contribution in [3.8, 4) is 0 Å². The summed E-state index contributed by atoms with van der Waals surface area (Å²) in [6, 6.07) is 0. The van der Waals surface area contributed by atoms with Gasteiger partial charge in [0.1, 0.15) is 0 Å². The molecule has 0 unspecified atom stereocenters. The van der Waals surface area contributed by atoms with Crippen LogP contribution in [0.5, 0.6) is 0 Å². The summed E-state index contributed by atoms with van der Waals surface area (Å²) in [4.78, 5) is 20.1. The van der Waals surface area contributed by atoms with E-state index >= 15 is 0 Å². The van der Waals surface area contributed by atoms with E-state index in [1.807, 2.05) is 26.0 Å². The van der Waals surface area contributed by atoms with E-state index in [9.17, 15) is 30.0 Å².